The van der Waals surface area contributed by atoms with Gasteiger partial charge in [0.2, 0.25) is 0 Å². The van der Waals surface area contributed by atoms with Gasteiger partial charge in [-0.25, -0.2) is 0 Å². The Morgan fingerprint density at radius 3 is 1.71 bits per heavy atom. The van der Waals surface area contributed by atoms with Gasteiger partial charge in [0, 0.05) is 0 Å². The van der Waals surface area contributed by atoms with Crippen LogP contribution in [0, 0.1) is 11.3 Å². The highest BCUT2D eigenvalue weighted by molar-refractivity contribution is 6.47. The van der Waals surface area contributed by atoms with Crippen molar-refractivity contribution in [3.63, 3.8) is 0 Å². The SMILES string of the molecule is CC(C)(C)C1CC(B2OC(C)(C)C(C)(C)O2)C1. The van der Waals surface area contributed by atoms with Gasteiger partial charge in [0.1, 0.15) is 0 Å². The third kappa shape index (κ3) is 2.29. The Bertz CT molecular complexity index is 282. The van der Waals surface area contributed by atoms with Gasteiger partial charge in [-0.05, 0) is 57.7 Å². The summed E-state index contributed by atoms with van der Waals surface area (Å²) >= 11 is 0. The molecule has 1 saturated heterocycles. The van der Waals surface area contributed by atoms with E-state index in [1.807, 2.05) is 0 Å². The maximum Gasteiger partial charge on any atom is 0.461 e. The average molecular weight is 238 g/mol. The molecule has 0 amide bonds. The van der Waals surface area contributed by atoms with Crippen molar-refractivity contribution in [3.8, 4) is 0 Å². The molecule has 2 rings (SSSR count). The molecule has 2 fully saturated rings. The molecule has 0 spiro atoms. The molecule has 0 aromatic rings. The minimum absolute atomic E-state index is 0.0126. The van der Waals surface area contributed by atoms with Gasteiger partial charge in [-0.1, -0.05) is 20.8 Å². The van der Waals surface area contributed by atoms with Crippen LogP contribution in [0.15, 0.2) is 0 Å². The topological polar surface area (TPSA) is 18.5 Å². The third-order valence-electron chi connectivity index (χ3n) is 5.06. The number of rotatable bonds is 1. The molecule has 0 N–H and O–H groups in total. The molecule has 0 atom stereocenters. The Kier molecular flexibility index (Phi) is 2.95. The van der Waals surface area contributed by atoms with Crippen molar-refractivity contribution in [1.29, 1.82) is 0 Å². The monoisotopic (exact) mass is 238 g/mol. The summed E-state index contributed by atoms with van der Waals surface area (Å²) in [5.41, 5.74) is 0.0785. The van der Waals surface area contributed by atoms with Crippen LogP contribution in [-0.2, 0) is 9.31 Å². The van der Waals surface area contributed by atoms with E-state index in [0.29, 0.717) is 11.2 Å². The quantitative estimate of drug-likeness (QED) is 0.645. The second-order valence-corrected chi connectivity index (χ2v) is 7.92. The summed E-state index contributed by atoms with van der Waals surface area (Å²) in [7, 11) is 0.0126. The molecule has 0 bridgehead atoms. The summed E-state index contributed by atoms with van der Waals surface area (Å²) < 4.78 is 12.2. The molecule has 1 saturated carbocycles. The first-order valence-electron chi connectivity index (χ1n) is 6.88. The summed E-state index contributed by atoms with van der Waals surface area (Å²) in [4.78, 5) is 0. The Morgan fingerprint density at radius 1 is 0.941 bits per heavy atom. The maximum atomic E-state index is 6.11. The van der Waals surface area contributed by atoms with E-state index in [1.54, 1.807) is 0 Å². The summed E-state index contributed by atoms with van der Waals surface area (Å²) in [5.74, 6) is 1.42. The van der Waals surface area contributed by atoms with Crippen molar-refractivity contribution in [3.05, 3.63) is 0 Å². The van der Waals surface area contributed by atoms with Crippen LogP contribution in [0.5, 0.6) is 0 Å². The molecule has 0 radical (unpaired) electrons. The van der Waals surface area contributed by atoms with Crippen LogP contribution >= 0.6 is 0 Å². The van der Waals surface area contributed by atoms with Gasteiger partial charge in [0.15, 0.2) is 0 Å². The molecule has 0 aromatic carbocycles. The van der Waals surface area contributed by atoms with Gasteiger partial charge in [-0.3, -0.25) is 0 Å². The zero-order valence-corrected chi connectivity index (χ0v) is 12.5. The first kappa shape index (κ1) is 13.4. The largest absolute Gasteiger partial charge is 0.461 e. The molecule has 3 heteroatoms. The Balaban J connectivity index is 1.93. The van der Waals surface area contributed by atoms with Crippen LogP contribution in [0.1, 0.15) is 61.3 Å². The molecule has 1 aliphatic heterocycles. The minimum atomic E-state index is -0.176. The first-order valence-corrected chi connectivity index (χ1v) is 6.88. The van der Waals surface area contributed by atoms with Crippen LogP contribution < -0.4 is 0 Å². The Morgan fingerprint density at radius 2 is 1.35 bits per heavy atom. The van der Waals surface area contributed by atoms with E-state index in [-0.39, 0.29) is 18.3 Å². The molecule has 98 valence electrons. The molecular formula is C14H27BO2. The second kappa shape index (κ2) is 3.74. The van der Waals surface area contributed by atoms with Crippen molar-refractivity contribution in [2.24, 2.45) is 11.3 Å². The number of hydrogen-bond donors (Lipinski definition) is 0. The Hall–Kier alpha value is -0.0151. The van der Waals surface area contributed by atoms with Crippen molar-refractivity contribution < 1.29 is 9.31 Å². The number of hydrogen-bond acceptors (Lipinski definition) is 2. The van der Waals surface area contributed by atoms with Gasteiger partial charge < -0.3 is 9.31 Å². The fourth-order valence-corrected chi connectivity index (χ4v) is 2.67. The van der Waals surface area contributed by atoms with E-state index in [4.69, 9.17) is 9.31 Å². The fraction of sp³-hybridized carbons (Fsp3) is 1.00. The maximum absolute atomic E-state index is 6.11. The van der Waals surface area contributed by atoms with Gasteiger partial charge in [0.05, 0.1) is 11.2 Å². The molecular weight excluding hydrogens is 211 g/mol. The summed E-state index contributed by atoms with van der Waals surface area (Å²) in [6.07, 6.45) is 2.50. The summed E-state index contributed by atoms with van der Waals surface area (Å²) in [6, 6.07) is 0. The standard InChI is InChI=1S/C14H27BO2/c1-12(2,3)10-8-11(9-10)15-16-13(4,5)14(6,7)17-15/h10-11H,8-9H2,1-7H3. The molecule has 0 unspecified atom stereocenters. The van der Waals surface area contributed by atoms with E-state index >= 15 is 0 Å². The predicted octanol–water partition coefficient (Wildman–Crippen LogP) is 3.90. The van der Waals surface area contributed by atoms with Crippen molar-refractivity contribution in [2.75, 3.05) is 0 Å². The lowest BCUT2D eigenvalue weighted by atomic mass is 9.51. The zero-order valence-electron chi connectivity index (χ0n) is 12.5. The lowest BCUT2D eigenvalue weighted by Crippen LogP contribution is -2.41. The van der Waals surface area contributed by atoms with Crippen LogP contribution in [-0.4, -0.2) is 18.3 Å². The average Bonchev–Trinajstić information content (AvgIpc) is 2.13. The van der Waals surface area contributed by atoms with Crippen LogP contribution in [0.2, 0.25) is 5.82 Å². The van der Waals surface area contributed by atoms with Crippen LogP contribution in [0.4, 0.5) is 0 Å². The van der Waals surface area contributed by atoms with E-state index in [0.717, 1.165) is 5.92 Å². The van der Waals surface area contributed by atoms with Crippen molar-refractivity contribution >= 4 is 7.12 Å². The van der Waals surface area contributed by atoms with E-state index in [1.165, 1.54) is 12.8 Å². The highest BCUT2D eigenvalue weighted by Crippen LogP contribution is 2.53. The van der Waals surface area contributed by atoms with E-state index in [9.17, 15) is 0 Å². The molecule has 17 heavy (non-hydrogen) atoms. The van der Waals surface area contributed by atoms with Crippen molar-refractivity contribution in [1.82, 2.24) is 0 Å². The zero-order chi connectivity index (χ0) is 13.1. The molecule has 0 aromatic heterocycles. The Labute approximate surface area is 107 Å². The van der Waals surface area contributed by atoms with E-state index < -0.39 is 0 Å². The van der Waals surface area contributed by atoms with Gasteiger partial charge >= 0.3 is 7.12 Å². The van der Waals surface area contributed by atoms with Crippen molar-refractivity contribution in [2.45, 2.75) is 78.3 Å². The summed E-state index contributed by atoms with van der Waals surface area (Å²) in [5, 5.41) is 0. The van der Waals surface area contributed by atoms with Gasteiger partial charge in [-0.15, -0.1) is 0 Å². The van der Waals surface area contributed by atoms with E-state index in [2.05, 4.69) is 48.5 Å². The minimum Gasteiger partial charge on any atom is -0.403 e. The lowest BCUT2D eigenvalue weighted by Gasteiger charge is -2.44. The van der Waals surface area contributed by atoms with Gasteiger partial charge in [-0.2, -0.15) is 0 Å². The van der Waals surface area contributed by atoms with Crippen LogP contribution in [0.3, 0.4) is 0 Å². The molecule has 1 heterocycles. The third-order valence-corrected chi connectivity index (χ3v) is 5.06. The van der Waals surface area contributed by atoms with Crippen LogP contribution in [0.25, 0.3) is 0 Å². The van der Waals surface area contributed by atoms with Gasteiger partial charge in [0.25, 0.3) is 0 Å². The second-order valence-electron chi connectivity index (χ2n) is 7.92. The highest BCUT2D eigenvalue weighted by Gasteiger charge is 2.56. The molecule has 1 aliphatic carbocycles. The smallest absolute Gasteiger partial charge is 0.403 e. The highest BCUT2D eigenvalue weighted by atomic mass is 16.7. The lowest BCUT2D eigenvalue weighted by molar-refractivity contribution is 0.00578. The first-order chi connectivity index (χ1) is 7.53. The predicted molar refractivity (Wildman–Crippen MR) is 72.0 cm³/mol. The summed E-state index contributed by atoms with van der Waals surface area (Å²) in [6.45, 7) is 15.5. The molecule has 2 aliphatic rings. The molecule has 2 nitrogen and oxygen atoms in total. The normalized spacial score (nSPS) is 35.8. The fourth-order valence-electron chi connectivity index (χ4n) is 2.67.